The molecule has 0 saturated carbocycles. The number of ether oxygens (including phenoxy) is 6. The maximum absolute atomic E-state index is 12.7. The largest absolute Gasteiger partial charge is 0.494 e. The number of hydrogen-bond donors (Lipinski definition) is 0. The topological polar surface area (TPSA) is 107 Å². The van der Waals surface area contributed by atoms with Crippen LogP contribution in [-0.2, 0) is 25.7 Å². The van der Waals surface area contributed by atoms with E-state index in [4.69, 9.17) is 28.4 Å². The zero-order chi connectivity index (χ0) is 40.6. The lowest BCUT2D eigenvalue weighted by atomic mass is 10.1. The molecule has 0 bridgehead atoms. The Morgan fingerprint density at radius 2 is 0.737 bits per heavy atom. The highest BCUT2D eigenvalue weighted by atomic mass is 16.5. The summed E-state index contributed by atoms with van der Waals surface area (Å²) in [4.78, 5) is 34.7. The monoisotopic (exact) mass is 784 g/mol. The van der Waals surface area contributed by atoms with E-state index >= 15 is 0 Å². The van der Waals surface area contributed by atoms with E-state index in [0.717, 1.165) is 68.4 Å². The van der Waals surface area contributed by atoms with Crippen molar-refractivity contribution in [3.8, 4) is 23.0 Å². The number of carbonyl (C=O) groups is 3. The van der Waals surface area contributed by atoms with Crippen molar-refractivity contribution in [2.75, 3.05) is 26.4 Å². The minimum absolute atomic E-state index is 0.341. The molecule has 3 rings (SSSR count). The van der Waals surface area contributed by atoms with Gasteiger partial charge in [-0.2, -0.15) is 0 Å². The van der Waals surface area contributed by atoms with E-state index in [2.05, 4.69) is 13.2 Å². The van der Waals surface area contributed by atoms with Gasteiger partial charge in [0.05, 0.1) is 32.0 Å². The van der Waals surface area contributed by atoms with E-state index in [1.807, 2.05) is 24.3 Å². The quantitative estimate of drug-likeness (QED) is 0.0258. The molecule has 0 heterocycles. The van der Waals surface area contributed by atoms with Crippen LogP contribution in [0.15, 0.2) is 98.1 Å². The van der Waals surface area contributed by atoms with Crippen molar-refractivity contribution in [1.29, 1.82) is 0 Å². The zero-order valence-corrected chi connectivity index (χ0v) is 33.9. The fraction of sp³-hybridized carbons (Fsp3) is 0.479. The van der Waals surface area contributed by atoms with Crippen LogP contribution in [0.5, 0.6) is 23.0 Å². The van der Waals surface area contributed by atoms with E-state index in [1.54, 1.807) is 48.5 Å². The predicted octanol–water partition coefficient (Wildman–Crippen LogP) is 11.7. The van der Waals surface area contributed by atoms with E-state index in [-0.39, 0.29) is 11.9 Å². The third kappa shape index (κ3) is 22.3. The fourth-order valence-corrected chi connectivity index (χ4v) is 6.03. The van der Waals surface area contributed by atoms with Gasteiger partial charge in [0.1, 0.15) is 29.6 Å². The van der Waals surface area contributed by atoms with Crippen molar-refractivity contribution < 1.29 is 42.8 Å². The number of benzene rings is 3. The fourth-order valence-electron chi connectivity index (χ4n) is 6.03. The van der Waals surface area contributed by atoms with Crippen LogP contribution in [0.2, 0.25) is 0 Å². The Balaban J connectivity index is 1.18. The second kappa shape index (κ2) is 30.1. The second-order valence-corrected chi connectivity index (χ2v) is 14.1. The van der Waals surface area contributed by atoms with Crippen molar-refractivity contribution in [1.82, 2.24) is 0 Å². The third-order valence-electron chi connectivity index (χ3n) is 9.39. The molecule has 57 heavy (non-hydrogen) atoms. The molecule has 0 radical (unpaired) electrons. The van der Waals surface area contributed by atoms with Gasteiger partial charge in [-0.3, -0.25) is 0 Å². The van der Waals surface area contributed by atoms with Gasteiger partial charge >= 0.3 is 17.9 Å². The first-order valence-electron chi connectivity index (χ1n) is 20.9. The molecule has 0 N–H and O–H groups in total. The lowest BCUT2D eigenvalue weighted by molar-refractivity contribution is -0.138. The summed E-state index contributed by atoms with van der Waals surface area (Å²) < 4.78 is 33.3. The summed E-state index contributed by atoms with van der Waals surface area (Å²) in [5, 5.41) is 0. The Hall–Kier alpha value is -5.05. The van der Waals surface area contributed by atoms with Gasteiger partial charge in [-0.25, -0.2) is 14.4 Å². The van der Waals surface area contributed by atoms with E-state index < -0.39 is 5.97 Å². The highest BCUT2D eigenvalue weighted by Gasteiger charge is 2.10. The highest BCUT2D eigenvalue weighted by molar-refractivity contribution is 5.91. The van der Waals surface area contributed by atoms with Crippen LogP contribution >= 0.6 is 0 Å². The molecule has 0 spiro atoms. The lowest BCUT2D eigenvalue weighted by Crippen LogP contribution is -2.08. The number of rotatable bonds is 33. The molecule has 0 aliphatic heterocycles. The molecule has 9 nitrogen and oxygen atoms in total. The van der Waals surface area contributed by atoms with Gasteiger partial charge in [0, 0.05) is 12.2 Å². The van der Waals surface area contributed by atoms with Crippen LogP contribution in [0.4, 0.5) is 0 Å². The number of hydrogen-bond acceptors (Lipinski definition) is 9. The molecule has 0 aromatic heterocycles. The summed E-state index contributed by atoms with van der Waals surface area (Å²) in [6, 6.07) is 22.0. The van der Waals surface area contributed by atoms with Crippen molar-refractivity contribution in [2.45, 2.75) is 122 Å². The number of esters is 3. The molecule has 0 atom stereocenters. The maximum atomic E-state index is 12.7. The Morgan fingerprint density at radius 3 is 1.16 bits per heavy atom. The van der Waals surface area contributed by atoms with Crippen LogP contribution in [0.1, 0.15) is 131 Å². The van der Waals surface area contributed by atoms with Crippen molar-refractivity contribution in [3.05, 3.63) is 109 Å². The van der Waals surface area contributed by atoms with Crippen LogP contribution in [0.25, 0.3) is 0 Å². The standard InChI is InChI=1S/C48H64O9/c1-3-46(49)54-37-21-17-13-9-5-7-11-15-19-35-52-42-27-23-40(24-28-42)39-56-44-31-33-45(34-32-44)57-48(51)41-25-29-43(30-26-41)53-36-20-16-12-8-6-10-14-18-22-38-55-47(50)4-2/h3-4,23-34H,1-2,5-22,35-39H2. The summed E-state index contributed by atoms with van der Waals surface area (Å²) in [5.74, 6) is 1.60. The van der Waals surface area contributed by atoms with Gasteiger partial charge < -0.3 is 28.4 Å². The molecule has 3 aromatic carbocycles. The molecule has 310 valence electrons. The number of carbonyl (C=O) groups excluding carboxylic acids is 3. The summed E-state index contributed by atoms with van der Waals surface area (Å²) >= 11 is 0. The van der Waals surface area contributed by atoms with E-state index in [1.165, 1.54) is 76.4 Å². The lowest BCUT2D eigenvalue weighted by Gasteiger charge is -2.10. The molecule has 0 saturated heterocycles. The Morgan fingerprint density at radius 1 is 0.404 bits per heavy atom. The first-order valence-corrected chi connectivity index (χ1v) is 20.9. The van der Waals surface area contributed by atoms with Crippen LogP contribution in [0.3, 0.4) is 0 Å². The molecule has 0 aliphatic carbocycles. The van der Waals surface area contributed by atoms with E-state index in [9.17, 15) is 14.4 Å². The second-order valence-electron chi connectivity index (χ2n) is 14.1. The van der Waals surface area contributed by atoms with Gasteiger partial charge in [-0.1, -0.05) is 115 Å². The molecule has 3 aromatic rings. The minimum atomic E-state index is -0.431. The number of unbranched alkanes of at least 4 members (excludes halogenated alkanes) is 16. The maximum Gasteiger partial charge on any atom is 0.343 e. The van der Waals surface area contributed by atoms with Crippen LogP contribution < -0.4 is 18.9 Å². The summed E-state index contributed by atoms with van der Waals surface area (Å²) in [6.45, 7) is 9.52. The van der Waals surface area contributed by atoms with Crippen molar-refractivity contribution in [2.24, 2.45) is 0 Å². The van der Waals surface area contributed by atoms with Gasteiger partial charge in [-0.15, -0.1) is 0 Å². The normalized spacial score (nSPS) is 10.7. The molecular formula is C48H64O9. The third-order valence-corrected chi connectivity index (χ3v) is 9.39. The average Bonchev–Trinajstić information content (AvgIpc) is 3.24. The SMILES string of the molecule is C=CC(=O)OCCCCCCCCCCCOc1ccc(COc2ccc(OC(=O)c3ccc(OCCCCCCCCCCCOC(=O)C=C)cc3)cc2)cc1. The predicted molar refractivity (Wildman–Crippen MR) is 225 cm³/mol. The van der Waals surface area contributed by atoms with Gasteiger partial charge in [0.15, 0.2) is 0 Å². The van der Waals surface area contributed by atoms with Crippen LogP contribution in [-0.4, -0.2) is 44.3 Å². The Labute approximate surface area is 340 Å². The minimum Gasteiger partial charge on any atom is -0.494 e. The Bertz CT molecular complexity index is 1550. The summed E-state index contributed by atoms with van der Waals surface area (Å²) in [6.07, 6.45) is 22.8. The average molecular weight is 785 g/mol. The first kappa shape index (κ1) is 46.3. The molecule has 9 heteroatoms. The zero-order valence-electron chi connectivity index (χ0n) is 33.9. The first-order chi connectivity index (χ1) is 28.0. The molecule has 0 amide bonds. The van der Waals surface area contributed by atoms with E-state index in [0.29, 0.717) is 50.1 Å². The molecule has 0 aliphatic rings. The smallest absolute Gasteiger partial charge is 0.343 e. The highest BCUT2D eigenvalue weighted by Crippen LogP contribution is 2.22. The molecule has 0 unspecified atom stereocenters. The van der Waals surface area contributed by atoms with Crippen molar-refractivity contribution >= 4 is 17.9 Å². The Kier molecular flexibility index (Phi) is 24.5. The molecular weight excluding hydrogens is 721 g/mol. The van der Waals surface area contributed by atoms with Gasteiger partial charge in [-0.05, 0) is 91.9 Å². The molecule has 0 fully saturated rings. The van der Waals surface area contributed by atoms with Gasteiger partial charge in [0.2, 0.25) is 0 Å². The van der Waals surface area contributed by atoms with Gasteiger partial charge in [0.25, 0.3) is 0 Å². The summed E-state index contributed by atoms with van der Waals surface area (Å²) in [7, 11) is 0. The van der Waals surface area contributed by atoms with Crippen molar-refractivity contribution in [3.63, 3.8) is 0 Å². The summed E-state index contributed by atoms with van der Waals surface area (Å²) in [5.41, 5.74) is 1.49. The van der Waals surface area contributed by atoms with Crippen LogP contribution in [0, 0.1) is 0 Å².